The number of nitrogens with one attached hydrogen (secondary N) is 2. The van der Waals surface area contributed by atoms with E-state index in [4.69, 9.17) is 11.6 Å². The van der Waals surface area contributed by atoms with Crippen LogP contribution in [0.4, 0.5) is 10.2 Å². The summed E-state index contributed by atoms with van der Waals surface area (Å²) in [7, 11) is 0. The van der Waals surface area contributed by atoms with Gasteiger partial charge >= 0.3 is 0 Å². The standard InChI is InChI=1S/C36H39ClFN5OS/c1-36(2,23-45(44)30-9-4-3-5-10-30)22-40-28-12-14-29(15-13-28)42-35-19-31(32(37)20-39-35)26-11-16-33-34(18-26)43(24-41-33)21-25-7-6-8-27(38)17-25/h3-11,16-20,24,28-29,40H,12-15,21-23H2,1-2H3,(H,39,42). The molecule has 9 heteroatoms. The lowest BCUT2D eigenvalue weighted by Crippen LogP contribution is -2.43. The van der Waals surface area contributed by atoms with Crippen molar-refractivity contribution >= 4 is 39.6 Å². The molecule has 6 nitrogen and oxygen atoms in total. The van der Waals surface area contributed by atoms with Crippen LogP contribution in [0.15, 0.2) is 96.3 Å². The molecule has 1 fully saturated rings. The van der Waals surface area contributed by atoms with Gasteiger partial charge in [0.15, 0.2) is 4.90 Å². The Morgan fingerprint density at radius 3 is 2.51 bits per heavy atom. The van der Waals surface area contributed by atoms with Gasteiger partial charge in [0.05, 0.1) is 22.4 Å². The molecule has 0 saturated heterocycles. The van der Waals surface area contributed by atoms with Gasteiger partial charge in [-0.25, -0.2) is 14.4 Å². The Morgan fingerprint density at radius 1 is 0.956 bits per heavy atom. The number of halogens is 2. The predicted octanol–water partition coefficient (Wildman–Crippen LogP) is 8.09. The second kappa shape index (κ2) is 13.9. The number of hydrogen-bond donors (Lipinski definition) is 2. The molecule has 1 unspecified atom stereocenters. The van der Waals surface area contributed by atoms with Gasteiger partial charge in [-0.2, -0.15) is 0 Å². The van der Waals surface area contributed by atoms with Crippen LogP contribution in [0.1, 0.15) is 45.1 Å². The zero-order chi connectivity index (χ0) is 31.4. The maximum atomic E-state index is 13.8. The Hall–Kier alpha value is -3.43. The molecule has 2 aromatic heterocycles. The lowest BCUT2D eigenvalue weighted by atomic mass is 9.89. The summed E-state index contributed by atoms with van der Waals surface area (Å²) < 4.78 is 28.6. The Balaban J connectivity index is 1.05. The van der Waals surface area contributed by atoms with Crippen molar-refractivity contribution in [2.75, 3.05) is 17.6 Å². The summed E-state index contributed by atoms with van der Waals surface area (Å²) in [4.78, 5) is 10.0. The zero-order valence-electron chi connectivity index (χ0n) is 25.7. The Kier molecular flexibility index (Phi) is 9.75. The first-order valence-corrected chi connectivity index (χ1v) is 17.2. The van der Waals surface area contributed by atoms with Crippen molar-refractivity contribution in [3.8, 4) is 11.1 Å². The van der Waals surface area contributed by atoms with E-state index in [9.17, 15) is 8.94 Å². The molecule has 2 heterocycles. The summed E-state index contributed by atoms with van der Waals surface area (Å²) in [6, 6.07) is 25.3. The first kappa shape index (κ1) is 31.5. The van der Waals surface area contributed by atoms with Crippen molar-refractivity contribution in [3.05, 3.63) is 108 Å². The Labute approximate surface area is 272 Å². The van der Waals surface area contributed by atoms with E-state index < -0.39 is 11.2 Å². The van der Waals surface area contributed by atoms with E-state index >= 15 is 0 Å². The highest BCUT2D eigenvalue weighted by Gasteiger charge is 2.29. The lowest BCUT2D eigenvalue weighted by molar-refractivity contribution is 0.300. The van der Waals surface area contributed by atoms with Crippen LogP contribution >= 0.6 is 11.6 Å². The highest BCUT2D eigenvalue weighted by molar-refractivity contribution is 7.91. The summed E-state index contributed by atoms with van der Waals surface area (Å²) in [5.74, 6) is 1.19. The van der Waals surface area contributed by atoms with Crippen molar-refractivity contribution in [2.45, 2.75) is 63.1 Å². The van der Waals surface area contributed by atoms with Gasteiger partial charge in [0.2, 0.25) is 0 Å². The number of anilines is 1. The normalized spacial score (nSPS) is 17.8. The van der Waals surface area contributed by atoms with Crippen molar-refractivity contribution in [3.63, 3.8) is 0 Å². The molecule has 3 aromatic carbocycles. The number of rotatable bonds is 11. The minimum absolute atomic E-state index is 0.0698. The molecule has 0 radical (unpaired) electrons. The smallest absolute Gasteiger partial charge is 0.152 e. The van der Waals surface area contributed by atoms with Crippen LogP contribution < -0.4 is 10.6 Å². The second-order valence-corrected chi connectivity index (χ2v) is 14.7. The monoisotopic (exact) mass is 643 g/mol. The Bertz CT molecular complexity index is 1740. The van der Waals surface area contributed by atoms with E-state index in [2.05, 4.69) is 40.5 Å². The van der Waals surface area contributed by atoms with E-state index in [1.165, 1.54) is 6.07 Å². The molecule has 0 spiro atoms. The van der Waals surface area contributed by atoms with Crippen LogP contribution in [-0.4, -0.2) is 43.5 Å². The van der Waals surface area contributed by atoms with Gasteiger partial charge in [-0.05, 0) is 90.5 Å². The largest absolute Gasteiger partial charge is 0.611 e. The molecule has 1 aliphatic rings. The van der Waals surface area contributed by atoms with Gasteiger partial charge in [-0.1, -0.05) is 61.8 Å². The number of fused-ring (bicyclic) bond motifs is 1. The van der Waals surface area contributed by atoms with Crippen molar-refractivity contribution < 1.29 is 8.94 Å². The molecular weight excluding hydrogens is 605 g/mol. The average molecular weight is 644 g/mol. The van der Waals surface area contributed by atoms with E-state index in [1.807, 2.05) is 59.2 Å². The molecule has 6 rings (SSSR count). The third-order valence-corrected chi connectivity index (χ3v) is 10.6. The lowest BCUT2D eigenvalue weighted by Gasteiger charge is -2.33. The highest BCUT2D eigenvalue weighted by Crippen LogP contribution is 2.33. The topological polar surface area (TPSA) is 77.8 Å². The van der Waals surface area contributed by atoms with Crippen molar-refractivity contribution in [1.82, 2.24) is 19.9 Å². The van der Waals surface area contributed by atoms with Crippen molar-refractivity contribution in [1.29, 1.82) is 0 Å². The van der Waals surface area contributed by atoms with E-state index in [0.717, 1.165) is 70.7 Å². The molecule has 1 aliphatic carbocycles. The fourth-order valence-electron chi connectivity index (χ4n) is 6.05. The maximum absolute atomic E-state index is 13.8. The van der Waals surface area contributed by atoms with E-state index in [-0.39, 0.29) is 11.2 Å². The molecule has 234 valence electrons. The van der Waals surface area contributed by atoms with Gasteiger partial charge in [0.1, 0.15) is 17.4 Å². The SMILES string of the molecule is CC(C)(CNC1CCC(Nc2cc(-c3ccc4ncn(Cc5cccc(F)c5)c4c3)c(Cl)cn2)CC1)C[S+]([O-])c1ccccc1. The maximum Gasteiger partial charge on any atom is 0.152 e. The van der Waals surface area contributed by atoms with Gasteiger partial charge in [0.25, 0.3) is 0 Å². The molecule has 0 amide bonds. The third-order valence-electron chi connectivity index (χ3n) is 8.51. The summed E-state index contributed by atoms with van der Waals surface area (Å²) in [5, 5.41) is 7.98. The number of pyridine rings is 1. The van der Waals surface area contributed by atoms with Crippen LogP contribution in [0.5, 0.6) is 0 Å². The first-order chi connectivity index (χ1) is 21.7. The number of nitrogens with zero attached hydrogens (tertiary/aromatic N) is 3. The fraction of sp³-hybridized carbons (Fsp3) is 0.333. The summed E-state index contributed by atoms with van der Waals surface area (Å²) in [5.41, 5.74) is 4.51. The summed E-state index contributed by atoms with van der Waals surface area (Å²) >= 11 is 5.66. The molecule has 2 N–H and O–H groups in total. The van der Waals surface area contributed by atoms with Crippen LogP contribution in [0.3, 0.4) is 0 Å². The van der Waals surface area contributed by atoms with Gasteiger partial charge in [-0.3, -0.25) is 0 Å². The van der Waals surface area contributed by atoms with Crippen LogP contribution in [-0.2, 0) is 17.7 Å². The Morgan fingerprint density at radius 2 is 1.73 bits per heavy atom. The highest BCUT2D eigenvalue weighted by atomic mass is 35.5. The van der Waals surface area contributed by atoms with Gasteiger partial charge in [-0.15, -0.1) is 0 Å². The minimum atomic E-state index is -1.00. The van der Waals surface area contributed by atoms with Crippen LogP contribution in [0, 0.1) is 11.2 Å². The minimum Gasteiger partial charge on any atom is -0.611 e. The van der Waals surface area contributed by atoms with Crippen molar-refractivity contribution in [2.24, 2.45) is 5.41 Å². The predicted molar refractivity (Wildman–Crippen MR) is 183 cm³/mol. The number of benzene rings is 3. The van der Waals surface area contributed by atoms with Crippen LogP contribution in [0.25, 0.3) is 22.2 Å². The molecular formula is C36H39ClFN5OS. The summed E-state index contributed by atoms with van der Waals surface area (Å²) in [6.45, 7) is 5.74. The van der Waals surface area contributed by atoms with E-state index in [1.54, 1.807) is 24.7 Å². The van der Waals surface area contributed by atoms with E-state index in [0.29, 0.717) is 29.4 Å². The average Bonchev–Trinajstić information content (AvgIpc) is 3.43. The molecule has 0 bridgehead atoms. The quantitative estimate of drug-likeness (QED) is 0.142. The van der Waals surface area contributed by atoms with Crippen LogP contribution in [0.2, 0.25) is 5.02 Å². The molecule has 1 saturated carbocycles. The number of aromatic nitrogens is 3. The first-order valence-electron chi connectivity index (χ1n) is 15.5. The number of hydrogen-bond acceptors (Lipinski definition) is 5. The second-order valence-electron chi connectivity index (χ2n) is 12.8. The molecule has 5 aromatic rings. The van der Waals surface area contributed by atoms with Gasteiger partial charge < -0.3 is 19.8 Å². The third kappa shape index (κ3) is 8.05. The summed E-state index contributed by atoms with van der Waals surface area (Å²) in [6.07, 6.45) is 7.72. The molecule has 0 aliphatic heterocycles. The van der Waals surface area contributed by atoms with Gasteiger partial charge in [0, 0.05) is 42.3 Å². The number of imidazole rings is 1. The molecule has 45 heavy (non-hydrogen) atoms. The zero-order valence-corrected chi connectivity index (χ0v) is 27.3. The fourth-order valence-corrected chi connectivity index (χ4v) is 7.71. The molecule has 1 atom stereocenters.